The molecule has 2 aromatic rings. The fourth-order valence-corrected chi connectivity index (χ4v) is 3.80. The molecule has 1 fully saturated rings. The van der Waals surface area contributed by atoms with Gasteiger partial charge in [-0.1, -0.05) is 0 Å². The van der Waals surface area contributed by atoms with Gasteiger partial charge in [0.25, 0.3) is 5.91 Å². The van der Waals surface area contributed by atoms with Crippen LogP contribution in [0, 0.1) is 0 Å². The van der Waals surface area contributed by atoms with E-state index in [4.69, 9.17) is 9.15 Å². The van der Waals surface area contributed by atoms with Gasteiger partial charge in [-0.3, -0.25) is 4.79 Å². The molecule has 3 rings (SSSR count). The summed E-state index contributed by atoms with van der Waals surface area (Å²) < 4.78 is 37.4. The van der Waals surface area contributed by atoms with Crippen LogP contribution >= 0.6 is 0 Å². The van der Waals surface area contributed by atoms with Gasteiger partial charge < -0.3 is 14.1 Å². The summed E-state index contributed by atoms with van der Waals surface area (Å²) in [5.41, 5.74) is 0.415. The number of hydrogen-bond acceptors (Lipinski definition) is 5. The van der Waals surface area contributed by atoms with Gasteiger partial charge in [0, 0.05) is 25.3 Å². The first-order chi connectivity index (χ1) is 12.5. The fraction of sp³-hybridized carbons (Fsp3) is 0.389. The predicted molar refractivity (Wildman–Crippen MR) is 95.1 cm³/mol. The first kappa shape index (κ1) is 18.6. The van der Waals surface area contributed by atoms with Crippen LogP contribution < -0.4 is 4.72 Å². The lowest BCUT2D eigenvalue weighted by molar-refractivity contribution is 0.0666. The fourth-order valence-electron chi connectivity index (χ4n) is 2.49. The maximum Gasteiger partial charge on any atom is 0.254 e. The molecule has 8 heteroatoms. The highest BCUT2D eigenvalue weighted by Gasteiger charge is 2.28. The second-order valence-corrected chi connectivity index (χ2v) is 7.93. The van der Waals surface area contributed by atoms with Crippen LogP contribution in [-0.4, -0.2) is 45.5 Å². The van der Waals surface area contributed by atoms with Crippen molar-refractivity contribution < 1.29 is 22.4 Å². The van der Waals surface area contributed by atoms with Crippen molar-refractivity contribution in [1.82, 2.24) is 9.62 Å². The number of rotatable bonds is 9. The van der Waals surface area contributed by atoms with E-state index in [2.05, 4.69) is 4.72 Å². The van der Waals surface area contributed by atoms with E-state index in [1.54, 1.807) is 30.4 Å². The summed E-state index contributed by atoms with van der Waals surface area (Å²) in [5, 5.41) is 0. The lowest BCUT2D eigenvalue weighted by atomic mass is 10.2. The second kappa shape index (κ2) is 8.03. The zero-order valence-corrected chi connectivity index (χ0v) is 15.4. The number of nitrogens with one attached hydrogen (secondary N) is 1. The Morgan fingerprint density at radius 1 is 1.27 bits per heavy atom. The van der Waals surface area contributed by atoms with Crippen molar-refractivity contribution in [3.63, 3.8) is 0 Å². The van der Waals surface area contributed by atoms with Crippen molar-refractivity contribution in [2.75, 3.05) is 20.3 Å². The Morgan fingerprint density at radius 3 is 2.58 bits per heavy atom. The number of furan rings is 1. The maximum absolute atomic E-state index is 12.8. The molecule has 0 bridgehead atoms. The number of amides is 1. The minimum absolute atomic E-state index is 0.0409. The van der Waals surface area contributed by atoms with Crippen LogP contribution in [0.25, 0.3) is 0 Å². The van der Waals surface area contributed by atoms with E-state index in [0.29, 0.717) is 31.0 Å². The lowest BCUT2D eigenvalue weighted by Crippen LogP contribution is -2.33. The molecule has 1 aliphatic carbocycles. The number of carbonyl (C=O) groups is 1. The van der Waals surface area contributed by atoms with Crippen molar-refractivity contribution in [3.05, 3.63) is 54.0 Å². The molecular formula is C18H22N2O5S. The molecule has 140 valence electrons. The van der Waals surface area contributed by atoms with Gasteiger partial charge in [-0.25, -0.2) is 13.1 Å². The van der Waals surface area contributed by atoms with Crippen LogP contribution in [0.15, 0.2) is 52.0 Å². The molecular weight excluding hydrogens is 356 g/mol. The minimum Gasteiger partial charge on any atom is -0.467 e. The Morgan fingerprint density at radius 2 is 2.00 bits per heavy atom. The van der Waals surface area contributed by atoms with E-state index in [0.717, 1.165) is 12.8 Å². The monoisotopic (exact) mass is 378 g/mol. The Balaban J connectivity index is 1.73. The summed E-state index contributed by atoms with van der Waals surface area (Å²) in [6.45, 7) is 1.11. The Bertz CT molecular complexity index is 827. The minimum atomic E-state index is -3.52. The zero-order valence-electron chi connectivity index (χ0n) is 14.6. The van der Waals surface area contributed by atoms with Crippen molar-refractivity contribution in [2.45, 2.75) is 30.3 Å². The standard InChI is InChI=1S/C18H22N2O5S/c1-24-12-10-20(13-16-3-2-11-25-16)18(21)14-4-8-17(9-5-14)26(22,23)19-15-6-7-15/h2-5,8-9,11,15,19H,6-7,10,12-13H2,1H3. The van der Waals surface area contributed by atoms with E-state index in [-0.39, 0.29) is 16.8 Å². The van der Waals surface area contributed by atoms with Gasteiger partial charge in [-0.2, -0.15) is 0 Å². The maximum atomic E-state index is 12.8. The molecule has 0 atom stereocenters. The normalized spacial score (nSPS) is 14.3. The number of benzene rings is 1. The van der Waals surface area contributed by atoms with Gasteiger partial charge >= 0.3 is 0 Å². The van der Waals surface area contributed by atoms with Crippen LogP contribution in [0.5, 0.6) is 0 Å². The van der Waals surface area contributed by atoms with Crippen LogP contribution in [0.1, 0.15) is 29.0 Å². The van der Waals surface area contributed by atoms with Gasteiger partial charge in [0.1, 0.15) is 5.76 Å². The van der Waals surface area contributed by atoms with Crippen molar-refractivity contribution in [1.29, 1.82) is 0 Å². The van der Waals surface area contributed by atoms with Gasteiger partial charge in [-0.15, -0.1) is 0 Å². The quantitative estimate of drug-likeness (QED) is 0.721. The Hall–Kier alpha value is -2.16. The van der Waals surface area contributed by atoms with E-state index in [9.17, 15) is 13.2 Å². The molecule has 7 nitrogen and oxygen atoms in total. The SMILES string of the molecule is COCCN(Cc1ccco1)C(=O)c1ccc(S(=O)(=O)NC2CC2)cc1. The first-order valence-electron chi connectivity index (χ1n) is 8.42. The summed E-state index contributed by atoms with van der Waals surface area (Å²) in [4.78, 5) is 14.6. The van der Waals surface area contributed by atoms with E-state index < -0.39 is 10.0 Å². The van der Waals surface area contributed by atoms with Crippen LogP contribution in [0.3, 0.4) is 0 Å². The Labute approximate surface area is 153 Å². The zero-order chi connectivity index (χ0) is 18.6. The highest BCUT2D eigenvalue weighted by Crippen LogP contribution is 2.22. The molecule has 0 unspecified atom stereocenters. The molecule has 0 aliphatic heterocycles. The third-order valence-corrected chi connectivity index (χ3v) is 5.63. The summed E-state index contributed by atoms with van der Waals surface area (Å²) >= 11 is 0. The molecule has 26 heavy (non-hydrogen) atoms. The third-order valence-electron chi connectivity index (χ3n) is 4.09. The molecule has 1 saturated carbocycles. The average Bonchev–Trinajstić information content (AvgIpc) is 3.28. The highest BCUT2D eigenvalue weighted by molar-refractivity contribution is 7.89. The molecule has 1 aromatic carbocycles. The van der Waals surface area contributed by atoms with Crippen molar-refractivity contribution >= 4 is 15.9 Å². The van der Waals surface area contributed by atoms with Gasteiger partial charge in [0.05, 0.1) is 24.3 Å². The summed E-state index contributed by atoms with van der Waals surface area (Å²) in [7, 11) is -1.95. The number of nitrogens with zero attached hydrogens (tertiary/aromatic N) is 1. The number of hydrogen-bond donors (Lipinski definition) is 1. The molecule has 1 amide bonds. The second-order valence-electron chi connectivity index (χ2n) is 6.22. The van der Waals surface area contributed by atoms with Crippen LogP contribution in [-0.2, 0) is 21.3 Å². The lowest BCUT2D eigenvalue weighted by Gasteiger charge is -2.21. The molecule has 0 radical (unpaired) electrons. The van der Waals surface area contributed by atoms with Gasteiger partial charge in [0.2, 0.25) is 10.0 Å². The summed E-state index contributed by atoms with van der Waals surface area (Å²) in [5.74, 6) is 0.458. The van der Waals surface area contributed by atoms with Crippen molar-refractivity contribution in [2.24, 2.45) is 0 Å². The molecule has 1 aliphatic rings. The number of methoxy groups -OCH3 is 1. The van der Waals surface area contributed by atoms with E-state index >= 15 is 0 Å². The molecule has 1 aromatic heterocycles. The number of sulfonamides is 1. The highest BCUT2D eigenvalue weighted by atomic mass is 32.2. The molecule has 1 N–H and O–H groups in total. The van der Waals surface area contributed by atoms with Crippen LogP contribution in [0.2, 0.25) is 0 Å². The topological polar surface area (TPSA) is 88.8 Å². The average molecular weight is 378 g/mol. The van der Waals surface area contributed by atoms with Crippen LogP contribution in [0.4, 0.5) is 0 Å². The van der Waals surface area contributed by atoms with E-state index in [1.807, 2.05) is 0 Å². The van der Waals surface area contributed by atoms with Crippen molar-refractivity contribution in [3.8, 4) is 0 Å². The van der Waals surface area contributed by atoms with Gasteiger partial charge in [0.15, 0.2) is 0 Å². The predicted octanol–water partition coefficient (Wildman–Crippen LogP) is 2.01. The molecule has 0 saturated heterocycles. The largest absolute Gasteiger partial charge is 0.467 e. The summed E-state index contributed by atoms with van der Waals surface area (Å²) in [6, 6.07) is 9.59. The summed E-state index contributed by atoms with van der Waals surface area (Å²) in [6.07, 6.45) is 3.30. The number of carbonyl (C=O) groups excluding carboxylic acids is 1. The molecule has 1 heterocycles. The van der Waals surface area contributed by atoms with Gasteiger partial charge in [-0.05, 0) is 49.2 Å². The number of ether oxygens (including phenoxy) is 1. The smallest absolute Gasteiger partial charge is 0.254 e. The first-order valence-corrected chi connectivity index (χ1v) is 9.91. The molecule has 0 spiro atoms. The third kappa shape index (κ3) is 4.72. The Kier molecular flexibility index (Phi) is 5.75. The van der Waals surface area contributed by atoms with E-state index in [1.165, 1.54) is 24.3 Å².